The van der Waals surface area contributed by atoms with Crippen LogP contribution < -0.4 is 5.32 Å². The quantitative estimate of drug-likeness (QED) is 0.802. The van der Waals surface area contributed by atoms with Crippen molar-refractivity contribution >= 4 is 11.8 Å². The van der Waals surface area contributed by atoms with Crippen LogP contribution in [0, 0.1) is 5.92 Å². The Morgan fingerprint density at radius 2 is 1.95 bits per heavy atom. The van der Waals surface area contributed by atoms with Gasteiger partial charge in [-0.1, -0.05) is 24.5 Å². The SMILES string of the molecule is CC(C)=CCN1C(=O)C(C2CC2)NC(=O)C12CCCC2. The van der Waals surface area contributed by atoms with Gasteiger partial charge in [-0.3, -0.25) is 9.59 Å². The second-order valence-electron chi connectivity index (χ2n) is 6.76. The van der Waals surface area contributed by atoms with E-state index in [2.05, 4.69) is 11.4 Å². The minimum atomic E-state index is -0.561. The highest BCUT2D eigenvalue weighted by molar-refractivity contribution is 6.00. The van der Waals surface area contributed by atoms with Crippen molar-refractivity contribution in [2.75, 3.05) is 6.54 Å². The molecule has 1 saturated heterocycles. The Kier molecular flexibility index (Phi) is 3.35. The zero-order valence-electron chi connectivity index (χ0n) is 12.4. The number of carbonyl (C=O) groups is 2. The molecule has 2 saturated carbocycles. The number of rotatable bonds is 3. The maximum atomic E-state index is 12.8. The van der Waals surface area contributed by atoms with Crippen molar-refractivity contribution in [3.63, 3.8) is 0 Å². The molecule has 3 rings (SSSR count). The number of hydrogen-bond donors (Lipinski definition) is 1. The fourth-order valence-corrected chi connectivity index (χ4v) is 3.58. The average Bonchev–Trinajstić information content (AvgIpc) is 3.12. The fraction of sp³-hybridized carbons (Fsp3) is 0.750. The van der Waals surface area contributed by atoms with Crippen molar-refractivity contribution in [1.82, 2.24) is 10.2 Å². The highest BCUT2D eigenvalue weighted by Gasteiger charge is 2.55. The summed E-state index contributed by atoms with van der Waals surface area (Å²) < 4.78 is 0. The second-order valence-corrected chi connectivity index (χ2v) is 6.76. The molecule has 20 heavy (non-hydrogen) atoms. The van der Waals surface area contributed by atoms with E-state index in [1.165, 1.54) is 5.57 Å². The fourth-order valence-electron chi connectivity index (χ4n) is 3.58. The number of amides is 2. The first-order valence-electron chi connectivity index (χ1n) is 7.80. The van der Waals surface area contributed by atoms with E-state index in [1.54, 1.807) is 0 Å². The van der Waals surface area contributed by atoms with E-state index in [0.717, 1.165) is 38.5 Å². The summed E-state index contributed by atoms with van der Waals surface area (Å²) in [6, 6.07) is -0.265. The van der Waals surface area contributed by atoms with Crippen molar-refractivity contribution in [2.24, 2.45) is 5.92 Å². The van der Waals surface area contributed by atoms with Crippen molar-refractivity contribution in [3.8, 4) is 0 Å². The van der Waals surface area contributed by atoms with Crippen LogP contribution in [-0.2, 0) is 9.59 Å². The first-order chi connectivity index (χ1) is 9.54. The lowest BCUT2D eigenvalue weighted by molar-refractivity contribution is -0.157. The van der Waals surface area contributed by atoms with Crippen molar-refractivity contribution < 1.29 is 9.59 Å². The smallest absolute Gasteiger partial charge is 0.246 e. The standard InChI is InChI=1S/C16H24N2O2/c1-11(2)7-10-18-14(19)13(12-5-6-12)17-15(20)16(18)8-3-4-9-16/h7,12-13H,3-6,8-10H2,1-2H3,(H,17,20). The predicted molar refractivity (Wildman–Crippen MR) is 77.0 cm³/mol. The Balaban J connectivity index is 1.89. The zero-order valence-corrected chi connectivity index (χ0v) is 12.4. The van der Waals surface area contributed by atoms with Gasteiger partial charge in [0, 0.05) is 6.54 Å². The average molecular weight is 276 g/mol. The Hall–Kier alpha value is -1.32. The van der Waals surface area contributed by atoms with Gasteiger partial charge < -0.3 is 10.2 Å². The van der Waals surface area contributed by atoms with Crippen LogP contribution in [0.1, 0.15) is 52.4 Å². The molecule has 2 amide bonds. The van der Waals surface area contributed by atoms with Crippen LogP contribution in [0.4, 0.5) is 0 Å². The molecule has 1 N–H and O–H groups in total. The third kappa shape index (κ3) is 2.15. The van der Waals surface area contributed by atoms with E-state index >= 15 is 0 Å². The normalized spacial score (nSPS) is 28.7. The van der Waals surface area contributed by atoms with Crippen LogP contribution in [0.25, 0.3) is 0 Å². The Labute approximate surface area is 120 Å². The minimum Gasteiger partial charge on any atom is -0.342 e. The van der Waals surface area contributed by atoms with Gasteiger partial charge in [-0.2, -0.15) is 0 Å². The van der Waals surface area contributed by atoms with Crippen LogP contribution in [-0.4, -0.2) is 34.8 Å². The van der Waals surface area contributed by atoms with E-state index in [9.17, 15) is 9.59 Å². The lowest BCUT2D eigenvalue weighted by Gasteiger charge is -2.46. The third-order valence-corrected chi connectivity index (χ3v) is 4.96. The van der Waals surface area contributed by atoms with Gasteiger partial charge in [0.15, 0.2) is 0 Å². The summed E-state index contributed by atoms with van der Waals surface area (Å²) in [5.41, 5.74) is 0.633. The molecular weight excluding hydrogens is 252 g/mol. The summed E-state index contributed by atoms with van der Waals surface area (Å²) in [7, 11) is 0. The number of hydrogen-bond acceptors (Lipinski definition) is 2. The summed E-state index contributed by atoms with van der Waals surface area (Å²) in [4.78, 5) is 27.3. The summed E-state index contributed by atoms with van der Waals surface area (Å²) in [6.45, 7) is 4.65. The lowest BCUT2D eigenvalue weighted by Crippen LogP contribution is -2.70. The maximum Gasteiger partial charge on any atom is 0.246 e. The monoisotopic (exact) mass is 276 g/mol. The maximum absolute atomic E-state index is 12.8. The Morgan fingerprint density at radius 1 is 1.30 bits per heavy atom. The van der Waals surface area contributed by atoms with Gasteiger partial charge in [-0.25, -0.2) is 0 Å². The molecule has 0 bridgehead atoms. The van der Waals surface area contributed by atoms with E-state index < -0.39 is 5.54 Å². The number of nitrogens with zero attached hydrogens (tertiary/aromatic N) is 1. The third-order valence-electron chi connectivity index (χ3n) is 4.96. The van der Waals surface area contributed by atoms with Gasteiger partial charge in [0.05, 0.1) is 0 Å². The summed E-state index contributed by atoms with van der Waals surface area (Å²) in [5, 5.41) is 3.03. The van der Waals surface area contributed by atoms with Gasteiger partial charge in [0.2, 0.25) is 11.8 Å². The number of piperazine rings is 1. The minimum absolute atomic E-state index is 0.0913. The van der Waals surface area contributed by atoms with Crippen LogP contribution in [0.5, 0.6) is 0 Å². The lowest BCUT2D eigenvalue weighted by atomic mass is 9.88. The van der Waals surface area contributed by atoms with Gasteiger partial charge >= 0.3 is 0 Å². The van der Waals surface area contributed by atoms with Gasteiger partial charge in [-0.15, -0.1) is 0 Å². The molecule has 1 atom stereocenters. The summed E-state index contributed by atoms with van der Waals surface area (Å²) in [6.07, 6.45) is 7.93. The highest BCUT2D eigenvalue weighted by atomic mass is 16.2. The molecule has 0 aromatic carbocycles. The highest BCUT2D eigenvalue weighted by Crippen LogP contribution is 2.42. The van der Waals surface area contributed by atoms with E-state index in [1.807, 2.05) is 18.7 Å². The number of allylic oxidation sites excluding steroid dienone is 1. The molecule has 110 valence electrons. The van der Waals surface area contributed by atoms with Crippen LogP contribution >= 0.6 is 0 Å². The first-order valence-corrected chi connectivity index (χ1v) is 7.80. The van der Waals surface area contributed by atoms with Crippen molar-refractivity contribution in [1.29, 1.82) is 0 Å². The van der Waals surface area contributed by atoms with Crippen LogP contribution in [0.3, 0.4) is 0 Å². The topological polar surface area (TPSA) is 49.4 Å². The molecule has 3 aliphatic rings. The van der Waals surface area contributed by atoms with Gasteiger partial charge in [0.25, 0.3) is 0 Å². The molecule has 0 radical (unpaired) electrons. The Bertz CT molecular complexity index is 455. The molecule has 1 spiro atoms. The first kappa shape index (κ1) is 13.7. The molecule has 0 aromatic rings. The van der Waals surface area contributed by atoms with Crippen LogP contribution in [0.2, 0.25) is 0 Å². The van der Waals surface area contributed by atoms with Gasteiger partial charge in [0.1, 0.15) is 11.6 Å². The van der Waals surface area contributed by atoms with Crippen molar-refractivity contribution in [2.45, 2.75) is 64.0 Å². The molecular formula is C16H24N2O2. The molecule has 1 unspecified atom stereocenters. The second kappa shape index (κ2) is 4.90. The predicted octanol–water partition coefficient (Wildman–Crippen LogP) is 2.00. The number of carbonyl (C=O) groups excluding carboxylic acids is 2. The largest absolute Gasteiger partial charge is 0.342 e. The summed E-state index contributed by atoms with van der Waals surface area (Å²) >= 11 is 0. The van der Waals surface area contributed by atoms with E-state index in [4.69, 9.17) is 0 Å². The molecule has 1 aliphatic heterocycles. The molecule has 0 aromatic heterocycles. The van der Waals surface area contributed by atoms with Crippen LogP contribution in [0.15, 0.2) is 11.6 Å². The van der Waals surface area contributed by atoms with E-state index in [-0.39, 0.29) is 17.9 Å². The Morgan fingerprint density at radius 3 is 2.50 bits per heavy atom. The van der Waals surface area contributed by atoms with Crippen molar-refractivity contribution in [3.05, 3.63) is 11.6 Å². The zero-order chi connectivity index (χ0) is 14.3. The number of nitrogens with one attached hydrogen (secondary N) is 1. The summed E-state index contributed by atoms with van der Waals surface area (Å²) in [5.74, 6) is 0.611. The van der Waals surface area contributed by atoms with Gasteiger partial charge in [-0.05, 0) is 45.4 Å². The molecule has 2 aliphatic carbocycles. The molecule has 4 nitrogen and oxygen atoms in total. The molecule has 3 fully saturated rings. The van der Waals surface area contributed by atoms with E-state index in [0.29, 0.717) is 12.5 Å². The molecule has 1 heterocycles. The molecule has 4 heteroatoms.